The average molecular weight is 292 g/mol. The summed E-state index contributed by atoms with van der Waals surface area (Å²) in [6, 6.07) is 7.29. The molecular weight excluding hydrogens is 278 g/mol. The molecule has 1 aromatic heterocycles. The lowest BCUT2D eigenvalue weighted by Gasteiger charge is -2.19. The molecule has 1 aliphatic heterocycles. The van der Waals surface area contributed by atoms with Gasteiger partial charge in [0.25, 0.3) is 5.91 Å². The Morgan fingerprint density at radius 1 is 1.40 bits per heavy atom. The number of halogens is 1. The molecule has 0 unspecified atom stereocenters. The molecule has 0 fully saturated rings. The van der Waals surface area contributed by atoms with Gasteiger partial charge < -0.3 is 10.1 Å². The summed E-state index contributed by atoms with van der Waals surface area (Å²) < 4.78 is 7.14. The Hall–Kier alpha value is -2.14. The van der Waals surface area contributed by atoms with Gasteiger partial charge in [-0.2, -0.15) is 0 Å². The third-order valence-electron chi connectivity index (χ3n) is 3.30. The van der Waals surface area contributed by atoms with Crippen molar-refractivity contribution in [3.05, 3.63) is 46.7 Å². The normalized spacial score (nSPS) is 13.6. The molecule has 5 nitrogen and oxygen atoms in total. The number of hydrogen-bond acceptors (Lipinski definition) is 3. The fraction of sp³-hybridized carbons (Fsp3) is 0.214. The van der Waals surface area contributed by atoms with Crippen LogP contribution in [0.5, 0.6) is 5.75 Å². The summed E-state index contributed by atoms with van der Waals surface area (Å²) in [6.45, 7) is 0.643. The number of nitrogens with one attached hydrogen (secondary N) is 2. The first-order valence-electron chi connectivity index (χ1n) is 6.28. The number of rotatable bonds is 3. The van der Waals surface area contributed by atoms with Gasteiger partial charge in [0.1, 0.15) is 0 Å². The van der Waals surface area contributed by atoms with E-state index in [2.05, 4.69) is 10.7 Å². The molecule has 20 heavy (non-hydrogen) atoms. The summed E-state index contributed by atoms with van der Waals surface area (Å²) in [4.78, 5) is 11.7. The van der Waals surface area contributed by atoms with Crippen molar-refractivity contribution in [1.29, 1.82) is 0 Å². The van der Waals surface area contributed by atoms with Crippen LogP contribution in [0.1, 0.15) is 16.1 Å². The lowest BCUT2D eigenvalue weighted by atomic mass is 10.1. The second-order valence-electron chi connectivity index (χ2n) is 4.48. The maximum atomic E-state index is 11.7. The zero-order chi connectivity index (χ0) is 14.1. The quantitative estimate of drug-likeness (QED) is 0.912. The Labute approximate surface area is 121 Å². The Kier molecular flexibility index (Phi) is 3.28. The van der Waals surface area contributed by atoms with Crippen molar-refractivity contribution in [2.45, 2.75) is 6.42 Å². The lowest BCUT2D eigenvalue weighted by Crippen LogP contribution is -2.32. The molecule has 0 spiro atoms. The molecule has 6 heteroatoms. The van der Waals surface area contributed by atoms with Crippen LogP contribution in [0.25, 0.3) is 0 Å². The number of fused-ring (bicyclic) bond motifs is 1. The second-order valence-corrected chi connectivity index (χ2v) is 4.89. The summed E-state index contributed by atoms with van der Waals surface area (Å²) in [7, 11) is 1.57. The predicted octanol–water partition coefficient (Wildman–Crippen LogP) is 2.31. The Balaban J connectivity index is 1.97. The van der Waals surface area contributed by atoms with Crippen molar-refractivity contribution in [3.8, 4) is 5.75 Å². The Morgan fingerprint density at radius 2 is 2.25 bits per heavy atom. The van der Waals surface area contributed by atoms with Crippen molar-refractivity contribution in [2.24, 2.45) is 0 Å². The van der Waals surface area contributed by atoms with E-state index in [4.69, 9.17) is 16.3 Å². The van der Waals surface area contributed by atoms with Crippen molar-refractivity contribution < 1.29 is 9.53 Å². The number of carbonyl (C=O) groups is 1. The number of benzene rings is 1. The summed E-state index contributed by atoms with van der Waals surface area (Å²) in [5.41, 5.74) is 5.63. The largest absolute Gasteiger partial charge is 0.493 e. The number of methoxy groups -OCH3 is 1. The number of carbonyl (C=O) groups excluding carboxylic acids is 1. The summed E-state index contributed by atoms with van der Waals surface area (Å²) in [5.74, 6) is 0.543. The second kappa shape index (κ2) is 5.09. The highest BCUT2D eigenvalue weighted by molar-refractivity contribution is 6.32. The summed E-state index contributed by atoms with van der Waals surface area (Å²) >= 11 is 6.10. The minimum absolute atomic E-state index is 0.0372. The summed E-state index contributed by atoms with van der Waals surface area (Å²) in [6.07, 6.45) is 2.61. The number of nitrogens with zero attached hydrogens (tertiary/aromatic N) is 1. The van der Waals surface area contributed by atoms with Crippen LogP contribution in [0.15, 0.2) is 30.5 Å². The molecule has 0 saturated heterocycles. The first-order chi connectivity index (χ1) is 9.70. The van der Waals surface area contributed by atoms with Crippen molar-refractivity contribution >= 4 is 23.2 Å². The molecule has 0 aliphatic carbocycles. The molecule has 3 rings (SSSR count). The van der Waals surface area contributed by atoms with E-state index in [1.54, 1.807) is 19.2 Å². The van der Waals surface area contributed by atoms with E-state index < -0.39 is 0 Å². The first-order valence-corrected chi connectivity index (χ1v) is 6.66. The van der Waals surface area contributed by atoms with Gasteiger partial charge in [0.15, 0.2) is 5.75 Å². The molecule has 104 valence electrons. The van der Waals surface area contributed by atoms with Gasteiger partial charge in [-0.25, -0.2) is 0 Å². The average Bonchev–Trinajstić information content (AvgIpc) is 2.84. The van der Waals surface area contributed by atoms with E-state index in [9.17, 15) is 4.79 Å². The topological polar surface area (TPSA) is 55.3 Å². The monoisotopic (exact) mass is 291 g/mol. The van der Waals surface area contributed by atoms with Crippen LogP contribution in [0.4, 0.5) is 5.69 Å². The molecule has 2 aromatic rings. The third kappa shape index (κ3) is 2.10. The maximum absolute atomic E-state index is 11.7. The molecule has 0 atom stereocenters. The van der Waals surface area contributed by atoms with Crippen LogP contribution in [0.2, 0.25) is 5.02 Å². The highest BCUT2D eigenvalue weighted by Gasteiger charge is 2.20. The van der Waals surface area contributed by atoms with Crippen LogP contribution < -0.4 is 15.5 Å². The number of para-hydroxylation sites is 1. The molecular formula is C14H14ClN3O2. The highest BCUT2D eigenvalue weighted by Crippen LogP contribution is 2.32. The van der Waals surface area contributed by atoms with Gasteiger partial charge in [0.05, 0.1) is 29.1 Å². The van der Waals surface area contributed by atoms with Crippen LogP contribution in [0, 0.1) is 0 Å². The van der Waals surface area contributed by atoms with E-state index in [0.717, 1.165) is 17.8 Å². The summed E-state index contributed by atoms with van der Waals surface area (Å²) in [5, 5.41) is 3.36. The van der Waals surface area contributed by atoms with Gasteiger partial charge in [-0.1, -0.05) is 17.7 Å². The fourth-order valence-corrected chi connectivity index (χ4v) is 2.61. The third-order valence-corrected chi connectivity index (χ3v) is 3.59. The number of amides is 1. The van der Waals surface area contributed by atoms with Crippen molar-refractivity contribution in [2.75, 3.05) is 19.1 Å². The molecule has 0 saturated carbocycles. The number of hydrogen-bond donors (Lipinski definition) is 2. The molecule has 2 heterocycles. The SMILES string of the molecule is COc1c(Cl)cccc1Nn1ccc2c1CCNC2=O. The van der Waals surface area contributed by atoms with E-state index in [1.165, 1.54) is 0 Å². The lowest BCUT2D eigenvalue weighted by molar-refractivity contribution is 0.0945. The van der Waals surface area contributed by atoms with Crippen molar-refractivity contribution in [1.82, 2.24) is 9.99 Å². The van der Waals surface area contributed by atoms with Crippen LogP contribution >= 0.6 is 11.6 Å². The van der Waals surface area contributed by atoms with Gasteiger partial charge in [0, 0.05) is 19.2 Å². The van der Waals surface area contributed by atoms with E-state index >= 15 is 0 Å². The molecule has 1 aromatic carbocycles. The zero-order valence-corrected chi connectivity index (χ0v) is 11.7. The fourth-order valence-electron chi connectivity index (χ4n) is 2.36. The minimum Gasteiger partial charge on any atom is -0.493 e. The van der Waals surface area contributed by atoms with Crippen LogP contribution in [-0.4, -0.2) is 24.2 Å². The smallest absolute Gasteiger partial charge is 0.253 e. The van der Waals surface area contributed by atoms with E-state index in [-0.39, 0.29) is 5.91 Å². The first kappa shape index (κ1) is 12.9. The van der Waals surface area contributed by atoms with Gasteiger partial charge in [-0.15, -0.1) is 0 Å². The Bertz CT molecular complexity index is 666. The number of ether oxygens (including phenoxy) is 1. The standard InChI is InChI=1S/C14H14ClN3O2/c1-20-13-10(15)3-2-4-11(13)17-18-8-6-9-12(18)5-7-16-14(9)19/h2-4,6,8,17H,5,7H2,1H3,(H,16,19). The molecule has 0 radical (unpaired) electrons. The highest BCUT2D eigenvalue weighted by atomic mass is 35.5. The molecule has 0 bridgehead atoms. The molecule has 1 amide bonds. The van der Waals surface area contributed by atoms with Gasteiger partial charge in [-0.3, -0.25) is 14.9 Å². The van der Waals surface area contributed by atoms with Crippen LogP contribution in [-0.2, 0) is 6.42 Å². The van der Waals surface area contributed by atoms with E-state index in [1.807, 2.05) is 23.0 Å². The predicted molar refractivity (Wildman–Crippen MR) is 77.5 cm³/mol. The minimum atomic E-state index is -0.0372. The number of aromatic nitrogens is 1. The maximum Gasteiger partial charge on any atom is 0.253 e. The Morgan fingerprint density at radius 3 is 3.05 bits per heavy atom. The molecule has 1 aliphatic rings. The van der Waals surface area contributed by atoms with E-state index in [0.29, 0.717) is 22.9 Å². The molecule has 2 N–H and O–H groups in total. The van der Waals surface area contributed by atoms with Gasteiger partial charge >= 0.3 is 0 Å². The van der Waals surface area contributed by atoms with Gasteiger partial charge in [0.2, 0.25) is 0 Å². The number of anilines is 1. The van der Waals surface area contributed by atoms with Crippen molar-refractivity contribution in [3.63, 3.8) is 0 Å². The van der Waals surface area contributed by atoms with Gasteiger partial charge in [-0.05, 0) is 18.2 Å². The van der Waals surface area contributed by atoms with Crippen LogP contribution in [0.3, 0.4) is 0 Å². The zero-order valence-electron chi connectivity index (χ0n) is 10.9.